The maximum absolute atomic E-state index is 13.0. The minimum atomic E-state index is -3.64. The Morgan fingerprint density at radius 1 is 1.15 bits per heavy atom. The molecule has 1 aliphatic rings. The number of piperazine rings is 1. The number of nitrogens with one attached hydrogen (secondary N) is 1. The normalized spacial score (nSPS) is 19.5. The van der Waals surface area contributed by atoms with Crippen LogP contribution in [0.4, 0.5) is 0 Å². The lowest BCUT2D eigenvalue weighted by atomic mass is 10.1. The highest BCUT2D eigenvalue weighted by Gasteiger charge is 2.32. The van der Waals surface area contributed by atoms with Gasteiger partial charge in [-0.2, -0.15) is 4.31 Å². The van der Waals surface area contributed by atoms with Crippen LogP contribution in [0.1, 0.15) is 12.5 Å². The van der Waals surface area contributed by atoms with Crippen molar-refractivity contribution in [1.29, 1.82) is 0 Å². The highest BCUT2D eigenvalue weighted by molar-refractivity contribution is 7.89. The molecule has 0 saturated carbocycles. The van der Waals surface area contributed by atoms with Gasteiger partial charge in [-0.3, -0.25) is 9.88 Å². The summed E-state index contributed by atoms with van der Waals surface area (Å²) in [6, 6.07) is 14.7. The van der Waals surface area contributed by atoms with Crippen LogP contribution in [0.3, 0.4) is 0 Å². The van der Waals surface area contributed by atoms with Gasteiger partial charge in [-0.25, -0.2) is 13.2 Å². The number of hydrogen-bond donors (Lipinski definition) is 1. The third-order valence-electron chi connectivity index (χ3n) is 4.99. The number of H-pyrrole nitrogens is 1. The SMILES string of the molecule is CC1CN(S(=O)(=O)c2ccc3[nH]c(=O)oc3c2)CCN1Cc1ccccc1. The lowest BCUT2D eigenvalue weighted by molar-refractivity contribution is 0.122. The molecule has 1 N–H and O–H groups in total. The van der Waals surface area contributed by atoms with Gasteiger partial charge in [0.25, 0.3) is 0 Å². The standard InChI is InChI=1S/C19H21N3O4S/c1-14-12-22(10-9-21(14)13-15-5-3-2-4-6-15)27(24,25)16-7-8-17-18(11-16)26-19(23)20-17/h2-8,11,14H,9-10,12-13H2,1H3,(H,20,23). The van der Waals surface area contributed by atoms with Gasteiger partial charge in [0.05, 0.1) is 10.4 Å². The molecule has 2 heterocycles. The van der Waals surface area contributed by atoms with Gasteiger partial charge in [-0.15, -0.1) is 0 Å². The van der Waals surface area contributed by atoms with Crippen LogP contribution in [0.25, 0.3) is 11.1 Å². The van der Waals surface area contributed by atoms with E-state index in [2.05, 4.69) is 22.0 Å². The molecule has 2 aromatic carbocycles. The zero-order valence-corrected chi connectivity index (χ0v) is 15.8. The minimum absolute atomic E-state index is 0.0997. The summed E-state index contributed by atoms with van der Waals surface area (Å²) < 4.78 is 32.5. The minimum Gasteiger partial charge on any atom is -0.408 e. The van der Waals surface area contributed by atoms with Crippen LogP contribution < -0.4 is 5.76 Å². The molecular formula is C19H21N3O4S. The Bertz CT molecular complexity index is 1100. The second-order valence-corrected chi connectivity index (χ2v) is 8.78. The maximum atomic E-state index is 13.0. The molecule has 27 heavy (non-hydrogen) atoms. The van der Waals surface area contributed by atoms with E-state index in [1.54, 1.807) is 6.07 Å². The first-order valence-electron chi connectivity index (χ1n) is 8.84. The maximum Gasteiger partial charge on any atom is 0.417 e. The van der Waals surface area contributed by atoms with E-state index in [0.717, 1.165) is 6.54 Å². The van der Waals surface area contributed by atoms with Crippen LogP contribution in [0, 0.1) is 0 Å². The molecule has 1 unspecified atom stereocenters. The van der Waals surface area contributed by atoms with E-state index in [9.17, 15) is 13.2 Å². The van der Waals surface area contributed by atoms with Crippen molar-refractivity contribution < 1.29 is 12.8 Å². The molecule has 1 aromatic heterocycles. The molecule has 4 rings (SSSR count). The Morgan fingerprint density at radius 2 is 1.93 bits per heavy atom. The van der Waals surface area contributed by atoms with Gasteiger partial charge in [0, 0.05) is 38.3 Å². The van der Waals surface area contributed by atoms with Crippen molar-refractivity contribution in [2.45, 2.75) is 24.4 Å². The van der Waals surface area contributed by atoms with Crippen LogP contribution in [-0.2, 0) is 16.6 Å². The zero-order chi connectivity index (χ0) is 19.0. The topological polar surface area (TPSA) is 86.6 Å². The Labute approximate surface area is 157 Å². The number of oxazole rings is 1. The fourth-order valence-corrected chi connectivity index (χ4v) is 5.00. The number of aromatic amines is 1. The fraction of sp³-hybridized carbons (Fsp3) is 0.316. The summed E-state index contributed by atoms with van der Waals surface area (Å²) >= 11 is 0. The van der Waals surface area contributed by atoms with Gasteiger partial charge in [-0.05, 0) is 24.6 Å². The van der Waals surface area contributed by atoms with Gasteiger partial charge in [-0.1, -0.05) is 30.3 Å². The number of sulfonamides is 1. The van der Waals surface area contributed by atoms with Crippen molar-refractivity contribution in [3.8, 4) is 0 Å². The van der Waals surface area contributed by atoms with Gasteiger partial charge in [0.1, 0.15) is 0 Å². The fourth-order valence-electron chi connectivity index (χ4n) is 3.47. The lowest BCUT2D eigenvalue weighted by Crippen LogP contribution is -2.53. The molecule has 7 nitrogen and oxygen atoms in total. The predicted octanol–water partition coefficient (Wildman–Crippen LogP) is 2.02. The average molecular weight is 387 g/mol. The van der Waals surface area contributed by atoms with Crippen molar-refractivity contribution in [2.24, 2.45) is 0 Å². The quantitative estimate of drug-likeness (QED) is 0.740. The molecule has 1 saturated heterocycles. The van der Waals surface area contributed by atoms with E-state index in [1.165, 1.54) is 22.0 Å². The van der Waals surface area contributed by atoms with Crippen molar-refractivity contribution >= 4 is 21.1 Å². The molecule has 3 aromatic rings. The van der Waals surface area contributed by atoms with Crippen molar-refractivity contribution in [2.75, 3.05) is 19.6 Å². The number of aromatic nitrogens is 1. The first-order valence-corrected chi connectivity index (χ1v) is 10.3. The summed E-state index contributed by atoms with van der Waals surface area (Å²) in [5.41, 5.74) is 1.95. The molecular weight excluding hydrogens is 366 g/mol. The van der Waals surface area contributed by atoms with E-state index in [-0.39, 0.29) is 16.5 Å². The third-order valence-corrected chi connectivity index (χ3v) is 6.85. The summed E-state index contributed by atoms with van der Waals surface area (Å²) in [6.45, 7) is 4.35. The molecule has 1 aliphatic heterocycles. The molecule has 0 aliphatic carbocycles. The Balaban J connectivity index is 1.52. The summed E-state index contributed by atoms with van der Waals surface area (Å²) in [6.07, 6.45) is 0. The van der Waals surface area contributed by atoms with E-state index in [4.69, 9.17) is 4.42 Å². The van der Waals surface area contributed by atoms with Crippen molar-refractivity contribution in [1.82, 2.24) is 14.2 Å². The Kier molecular flexibility index (Phi) is 4.63. The number of nitrogens with zero attached hydrogens (tertiary/aromatic N) is 2. The second kappa shape index (κ2) is 6.95. The van der Waals surface area contributed by atoms with Crippen molar-refractivity contribution in [3.05, 3.63) is 64.6 Å². The Morgan fingerprint density at radius 3 is 2.67 bits per heavy atom. The second-order valence-electron chi connectivity index (χ2n) is 6.84. The van der Waals surface area contributed by atoms with Gasteiger partial charge >= 0.3 is 5.76 Å². The van der Waals surface area contributed by atoms with Crippen LogP contribution in [0.15, 0.2) is 62.6 Å². The molecule has 1 fully saturated rings. The first-order chi connectivity index (χ1) is 12.9. The molecule has 0 radical (unpaired) electrons. The van der Waals surface area contributed by atoms with Gasteiger partial charge in [0.15, 0.2) is 5.58 Å². The molecule has 1 atom stereocenters. The summed E-state index contributed by atoms with van der Waals surface area (Å²) in [4.78, 5) is 16.2. The summed E-state index contributed by atoms with van der Waals surface area (Å²) in [5, 5.41) is 0. The van der Waals surface area contributed by atoms with Crippen LogP contribution in [-0.4, -0.2) is 48.3 Å². The highest BCUT2D eigenvalue weighted by Crippen LogP contribution is 2.23. The molecule has 0 bridgehead atoms. The number of rotatable bonds is 4. The molecule has 8 heteroatoms. The summed E-state index contributed by atoms with van der Waals surface area (Å²) in [7, 11) is -3.64. The zero-order valence-electron chi connectivity index (χ0n) is 15.0. The first kappa shape index (κ1) is 18.0. The lowest BCUT2D eigenvalue weighted by Gasteiger charge is -2.39. The Hall–Kier alpha value is -2.42. The largest absolute Gasteiger partial charge is 0.417 e. The summed E-state index contributed by atoms with van der Waals surface area (Å²) in [5.74, 6) is -0.595. The van der Waals surface area contributed by atoms with Gasteiger partial charge < -0.3 is 4.42 Å². The third kappa shape index (κ3) is 3.55. The van der Waals surface area contributed by atoms with Crippen LogP contribution in [0.2, 0.25) is 0 Å². The van der Waals surface area contributed by atoms with Crippen LogP contribution >= 0.6 is 0 Å². The van der Waals surface area contributed by atoms with E-state index < -0.39 is 15.8 Å². The number of hydrogen-bond acceptors (Lipinski definition) is 5. The van der Waals surface area contributed by atoms with Gasteiger partial charge in [0.2, 0.25) is 10.0 Å². The van der Waals surface area contributed by atoms with E-state index in [1.807, 2.05) is 25.1 Å². The predicted molar refractivity (Wildman–Crippen MR) is 102 cm³/mol. The van der Waals surface area contributed by atoms with E-state index >= 15 is 0 Å². The highest BCUT2D eigenvalue weighted by atomic mass is 32.2. The smallest absolute Gasteiger partial charge is 0.408 e. The monoisotopic (exact) mass is 387 g/mol. The average Bonchev–Trinajstić information content (AvgIpc) is 3.03. The van der Waals surface area contributed by atoms with E-state index in [0.29, 0.717) is 25.2 Å². The molecule has 0 spiro atoms. The number of benzene rings is 2. The number of fused-ring (bicyclic) bond motifs is 1. The molecule has 0 amide bonds. The molecule has 142 valence electrons. The van der Waals surface area contributed by atoms with Crippen LogP contribution in [0.5, 0.6) is 0 Å². The van der Waals surface area contributed by atoms with Crippen molar-refractivity contribution in [3.63, 3.8) is 0 Å².